The Balaban J connectivity index is 0. The van der Waals surface area contributed by atoms with Crippen molar-refractivity contribution in [2.75, 3.05) is 0 Å². The molecule has 0 aromatic carbocycles. The topological polar surface area (TPSA) is 0 Å². The normalized spacial score (nSPS) is 0. The molecule has 0 rings (SSSR count). The van der Waals surface area contributed by atoms with Crippen LogP contribution in [0.2, 0.25) is 0 Å². The Kier molecular flexibility index (Phi) is 220. The van der Waals surface area contributed by atoms with Gasteiger partial charge in [-0.05, 0) is 0 Å². The maximum Gasteiger partial charge on any atom is 1.00 e. The van der Waals surface area contributed by atoms with Gasteiger partial charge in [-0.25, -0.2) is 0 Å². The van der Waals surface area contributed by atoms with Crippen molar-refractivity contribution in [2.45, 2.75) is 0 Å². The van der Waals surface area contributed by atoms with Crippen LogP contribution in [0.5, 0.6) is 0 Å². The third-order valence-electron chi connectivity index (χ3n) is 0. The summed E-state index contributed by atoms with van der Waals surface area (Å²) >= 11 is 0. The molecule has 0 heterocycles. The molecule has 0 bridgehead atoms. The second-order valence-electron chi connectivity index (χ2n) is 0. The van der Waals surface area contributed by atoms with Crippen LogP contribution in [0.1, 0.15) is 1.43 Å². The molecule has 0 saturated heterocycles. The fourth-order valence-electron chi connectivity index (χ4n) is 0. The molecule has 0 unspecified atom stereocenters. The monoisotopic (exact) mass is 144 g/mol. The molecule has 20 valence electrons. The second-order valence-corrected chi connectivity index (χ2v) is 0. The van der Waals surface area contributed by atoms with Crippen LogP contribution in [-0.2, 0) is 19.5 Å². The summed E-state index contributed by atoms with van der Waals surface area (Å²) < 4.78 is 0. The molecule has 0 spiro atoms. The van der Waals surface area contributed by atoms with E-state index in [1.165, 1.54) is 0 Å². The van der Waals surface area contributed by atoms with E-state index in [9.17, 15) is 0 Å². The molecule has 4 heavy (non-hydrogen) atoms. The van der Waals surface area contributed by atoms with Gasteiger partial charge in [0.1, 0.15) is 0 Å². The zero-order chi connectivity index (χ0) is 0. The molecule has 0 aliphatic rings. The van der Waals surface area contributed by atoms with Crippen molar-refractivity contribution in [3.8, 4) is 0 Å². The molecule has 0 amide bonds. The fraction of sp³-hybridized carbons (Fsp3) is 0. The van der Waals surface area contributed by atoms with Crippen molar-refractivity contribution in [2.24, 2.45) is 0 Å². The number of hydrogen-bond acceptors (Lipinski definition) is 0. The molecule has 0 aliphatic carbocycles. The van der Waals surface area contributed by atoms with E-state index in [-0.39, 0.29) is 64.6 Å². The van der Waals surface area contributed by atoms with E-state index in [0.717, 1.165) is 0 Å². The molecule has 0 aromatic rings. The maximum absolute atomic E-state index is 0. The predicted octanol–water partition coefficient (Wildman–Crippen LogP) is -2.04. The minimum Gasteiger partial charge on any atom is -1.00 e. The van der Waals surface area contributed by atoms with Crippen LogP contribution in [-0.4, -0.2) is 0 Å². The first kappa shape index (κ1) is 41.2. The van der Waals surface area contributed by atoms with Gasteiger partial charge in [0.25, 0.3) is 0 Å². The van der Waals surface area contributed by atoms with E-state index in [1.807, 2.05) is 0 Å². The van der Waals surface area contributed by atoms with Crippen LogP contribution >= 0.6 is 24.8 Å². The van der Waals surface area contributed by atoms with Gasteiger partial charge in [0.2, 0.25) is 0 Å². The molecule has 0 radical (unpaired) electrons. The third kappa shape index (κ3) is 9.19. The molecule has 0 nitrogen and oxygen atoms in total. The summed E-state index contributed by atoms with van der Waals surface area (Å²) in [6, 6.07) is 0. The SMILES string of the molecule is Cl.Cl.[H-].[Li+].[Zn]. The van der Waals surface area contributed by atoms with Gasteiger partial charge in [-0.15, -0.1) is 24.8 Å². The minimum atomic E-state index is 0. The van der Waals surface area contributed by atoms with Gasteiger partial charge in [0.05, 0.1) is 0 Å². The molecule has 0 saturated carbocycles. The van der Waals surface area contributed by atoms with Crippen LogP contribution < -0.4 is 18.9 Å². The Bertz CT molecular complexity index is 9.61. The van der Waals surface area contributed by atoms with Gasteiger partial charge >= 0.3 is 18.9 Å². The third-order valence-corrected chi connectivity index (χ3v) is 0. The number of rotatable bonds is 0. The first-order valence-electron chi connectivity index (χ1n) is 0. The van der Waals surface area contributed by atoms with Crippen molar-refractivity contribution >= 4 is 24.8 Å². The summed E-state index contributed by atoms with van der Waals surface area (Å²) in [5.74, 6) is 0. The zero-order valence-electron chi connectivity index (χ0n) is 3.52. The van der Waals surface area contributed by atoms with E-state index >= 15 is 0 Å². The summed E-state index contributed by atoms with van der Waals surface area (Å²) in [7, 11) is 0. The maximum atomic E-state index is 0. The molecule has 0 aliphatic heterocycles. The predicted molar refractivity (Wildman–Crippen MR) is 15.6 cm³/mol. The van der Waals surface area contributed by atoms with Gasteiger partial charge < -0.3 is 1.43 Å². The summed E-state index contributed by atoms with van der Waals surface area (Å²) in [5, 5.41) is 0. The van der Waals surface area contributed by atoms with Gasteiger partial charge in [-0.3, -0.25) is 0 Å². The van der Waals surface area contributed by atoms with E-state index in [2.05, 4.69) is 0 Å². The van der Waals surface area contributed by atoms with Gasteiger partial charge in [-0.1, -0.05) is 0 Å². The molecule has 0 N–H and O–H groups in total. The van der Waals surface area contributed by atoms with E-state index in [1.54, 1.807) is 0 Å². The average Bonchev–Trinajstić information content (AvgIpc) is 0. The van der Waals surface area contributed by atoms with Crippen molar-refractivity contribution in [3.63, 3.8) is 0 Å². The zero-order valence-corrected chi connectivity index (χ0v) is 7.12. The average molecular weight is 146 g/mol. The Morgan fingerprint density at radius 3 is 1.00 bits per heavy atom. The summed E-state index contributed by atoms with van der Waals surface area (Å²) in [6.07, 6.45) is 0. The van der Waals surface area contributed by atoms with E-state index in [4.69, 9.17) is 0 Å². The Morgan fingerprint density at radius 1 is 1.00 bits per heavy atom. The molecule has 0 atom stereocenters. The molecular formula is H3Cl2LiZn. The van der Waals surface area contributed by atoms with Crippen molar-refractivity contribution < 1.29 is 39.8 Å². The smallest absolute Gasteiger partial charge is 1.00 e. The van der Waals surface area contributed by atoms with Crippen molar-refractivity contribution in [1.29, 1.82) is 0 Å². The molecule has 4 heteroatoms. The van der Waals surface area contributed by atoms with Crippen LogP contribution in [0, 0.1) is 0 Å². The molecular weight excluding hydrogens is 143 g/mol. The quantitative estimate of drug-likeness (QED) is 0.345. The Morgan fingerprint density at radius 2 is 1.00 bits per heavy atom. The van der Waals surface area contributed by atoms with Gasteiger partial charge in [0, 0.05) is 19.5 Å². The minimum absolute atomic E-state index is 0. The van der Waals surface area contributed by atoms with Gasteiger partial charge in [0.15, 0.2) is 0 Å². The van der Waals surface area contributed by atoms with Gasteiger partial charge in [-0.2, -0.15) is 0 Å². The number of hydrogen-bond donors (Lipinski definition) is 0. The van der Waals surface area contributed by atoms with Crippen molar-refractivity contribution in [3.05, 3.63) is 0 Å². The van der Waals surface area contributed by atoms with Crippen LogP contribution in [0.25, 0.3) is 0 Å². The molecule has 0 aromatic heterocycles. The summed E-state index contributed by atoms with van der Waals surface area (Å²) in [5.41, 5.74) is 0. The van der Waals surface area contributed by atoms with Crippen LogP contribution in [0.15, 0.2) is 0 Å². The first-order chi connectivity index (χ1) is 0. The van der Waals surface area contributed by atoms with Crippen molar-refractivity contribution in [1.82, 2.24) is 0 Å². The van der Waals surface area contributed by atoms with E-state index < -0.39 is 0 Å². The number of halogens is 2. The largest absolute Gasteiger partial charge is 1.00 e. The van der Waals surface area contributed by atoms with E-state index in [0.29, 0.717) is 0 Å². The molecule has 0 fully saturated rings. The first-order valence-corrected chi connectivity index (χ1v) is 0. The standard InChI is InChI=1S/2ClH.Li.Zn.H/h2*1H;;;/q;;+1;;-1. The Hall–Kier alpha value is 1.80. The summed E-state index contributed by atoms with van der Waals surface area (Å²) in [6.45, 7) is 0. The summed E-state index contributed by atoms with van der Waals surface area (Å²) in [4.78, 5) is 0. The Labute approximate surface area is 64.3 Å². The fourth-order valence-corrected chi connectivity index (χ4v) is 0. The van der Waals surface area contributed by atoms with Crippen LogP contribution in [0.3, 0.4) is 0 Å². The second kappa shape index (κ2) is 21.4. The van der Waals surface area contributed by atoms with Crippen LogP contribution in [0.4, 0.5) is 0 Å².